The van der Waals surface area contributed by atoms with Gasteiger partial charge in [0.25, 0.3) is 5.91 Å². The van der Waals surface area contributed by atoms with Gasteiger partial charge < -0.3 is 10.2 Å². The van der Waals surface area contributed by atoms with Crippen molar-refractivity contribution in [2.45, 2.75) is 19.0 Å². The molecule has 2 aromatic rings. The van der Waals surface area contributed by atoms with Crippen LogP contribution in [0.2, 0.25) is 5.02 Å². The average Bonchev–Trinajstić information content (AvgIpc) is 3.00. The molecule has 0 aliphatic carbocycles. The summed E-state index contributed by atoms with van der Waals surface area (Å²) in [5, 5.41) is 2.11. The molecule has 0 atom stereocenters. The summed E-state index contributed by atoms with van der Waals surface area (Å²) in [6, 6.07) is 10.7. The molecule has 1 aliphatic rings. The lowest BCUT2D eigenvalue weighted by molar-refractivity contribution is -0.137. The SMILES string of the molecule is O=C(CN1CCCN(C(=O)c2cc(C(F)(F)F)cc(Cl)c2F)CC1)NCCc1ccccc1. The Labute approximate surface area is 194 Å². The molecule has 5 nitrogen and oxygen atoms in total. The summed E-state index contributed by atoms with van der Waals surface area (Å²) < 4.78 is 53.5. The standard InChI is InChI=1S/C23H24ClF4N3O2/c24-19-14-17(23(26,27)28)13-18(21(19)25)22(33)31-10-4-9-30(11-12-31)15-20(32)29-8-7-16-5-2-1-3-6-16/h1-3,5-6,13-14H,4,7-12,15H2,(H,29,32). The molecule has 1 aliphatic heterocycles. The van der Waals surface area contributed by atoms with Gasteiger partial charge in [-0.2, -0.15) is 13.2 Å². The molecule has 178 valence electrons. The molecular weight excluding hydrogens is 462 g/mol. The van der Waals surface area contributed by atoms with E-state index < -0.39 is 34.1 Å². The molecule has 0 unspecified atom stereocenters. The zero-order valence-corrected chi connectivity index (χ0v) is 18.6. The van der Waals surface area contributed by atoms with E-state index in [4.69, 9.17) is 11.6 Å². The van der Waals surface area contributed by atoms with Gasteiger partial charge in [0, 0.05) is 32.7 Å². The van der Waals surface area contributed by atoms with E-state index in [1.54, 1.807) is 0 Å². The minimum Gasteiger partial charge on any atom is -0.355 e. The molecule has 3 rings (SSSR count). The Morgan fingerprint density at radius 1 is 1.03 bits per heavy atom. The van der Waals surface area contributed by atoms with E-state index >= 15 is 0 Å². The highest BCUT2D eigenvalue weighted by atomic mass is 35.5. The Kier molecular flexibility index (Phi) is 8.31. The van der Waals surface area contributed by atoms with Crippen molar-refractivity contribution >= 4 is 23.4 Å². The summed E-state index contributed by atoms with van der Waals surface area (Å²) in [6.45, 7) is 1.90. The summed E-state index contributed by atoms with van der Waals surface area (Å²) in [5.74, 6) is -2.18. The number of rotatable bonds is 6. The Balaban J connectivity index is 1.55. The van der Waals surface area contributed by atoms with Crippen LogP contribution in [0.15, 0.2) is 42.5 Å². The van der Waals surface area contributed by atoms with Crippen molar-refractivity contribution in [3.63, 3.8) is 0 Å². The molecule has 0 spiro atoms. The highest BCUT2D eigenvalue weighted by molar-refractivity contribution is 6.31. The van der Waals surface area contributed by atoms with E-state index in [1.807, 2.05) is 35.2 Å². The maximum Gasteiger partial charge on any atom is 0.416 e. The van der Waals surface area contributed by atoms with Gasteiger partial charge in [-0.15, -0.1) is 0 Å². The zero-order valence-electron chi connectivity index (χ0n) is 17.8. The first kappa shape index (κ1) is 25.0. The Hall–Kier alpha value is -2.65. The van der Waals surface area contributed by atoms with Gasteiger partial charge in [-0.1, -0.05) is 41.9 Å². The van der Waals surface area contributed by atoms with Gasteiger partial charge in [0.1, 0.15) is 0 Å². The lowest BCUT2D eigenvalue weighted by Gasteiger charge is -2.22. The van der Waals surface area contributed by atoms with E-state index in [9.17, 15) is 27.2 Å². The average molecular weight is 486 g/mol. The first-order valence-electron chi connectivity index (χ1n) is 10.5. The summed E-state index contributed by atoms with van der Waals surface area (Å²) >= 11 is 5.60. The number of hydrogen-bond acceptors (Lipinski definition) is 3. The van der Waals surface area contributed by atoms with E-state index in [0.717, 1.165) is 5.56 Å². The number of amides is 2. The third-order valence-electron chi connectivity index (χ3n) is 5.41. The lowest BCUT2D eigenvalue weighted by Crippen LogP contribution is -2.40. The van der Waals surface area contributed by atoms with E-state index in [-0.39, 0.29) is 25.5 Å². The van der Waals surface area contributed by atoms with E-state index in [2.05, 4.69) is 5.32 Å². The van der Waals surface area contributed by atoms with Crippen molar-refractivity contribution in [2.24, 2.45) is 0 Å². The topological polar surface area (TPSA) is 52.7 Å². The Morgan fingerprint density at radius 2 is 1.76 bits per heavy atom. The van der Waals surface area contributed by atoms with Crippen LogP contribution in [0.3, 0.4) is 0 Å². The van der Waals surface area contributed by atoms with Gasteiger partial charge in [-0.05, 0) is 30.5 Å². The van der Waals surface area contributed by atoms with Crippen molar-refractivity contribution in [1.82, 2.24) is 15.1 Å². The fourth-order valence-corrected chi connectivity index (χ4v) is 3.88. The molecule has 0 radical (unpaired) electrons. The lowest BCUT2D eigenvalue weighted by atomic mass is 10.1. The van der Waals surface area contributed by atoms with Gasteiger partial charge >= 0.3 is 6.18 Å². The van der Waals surface area contributed by atoms with Gasteiger partial charge in [-0.3, -0.25) is 14.5 Å². The first-order chi connectivity index (χ1) is 15.6. The number of alkyl halides is 3. The molecule has 1 fully saturated rings. The number of hydrogen-bond donors (Lipinski definition) is 1. The van der Waals surface area contributed by atoms with Crippen LogP contribution in [-0.2, 0) is 17.4 Å². The minimum atomic E-state index is -4.75. The molecule has 1 heterocycles. The third-order valence-corrected chi connectivity index (χ3v) is 5.68. The van der Waals surface area contributed by atoms with Crippen LogP contribution >= 0.6 is 11.6 Å². The van der Waals surface area contributed by atoms with Gasteiger partial charge in [0.15, 0.2) is 5.82 Å². The predicted molar refractivity (Wildman–Crippen MR) is 117 cm³/mol. The Bertz CT molecular complexity index is 986. The summed E-state index contributed by atoms with van der Waals surface area (Å²) in [6.07, 6.45) is -3.55. The van der Waals surface area contributed by atoms with Gasteiger partial charge in [-0.25, -0.2) is 4.39 Å². The minimum absolute atomic E-state index is 0.139. The highest BCUT2D eigenvalue weighted by Gasteiger charge is 2.34. The molecular formula is C23H24ClF4N3O2. The number of carbonyl (C=O) groups is 2. The molecule has 2 amide bonds. The normalized spacial score (nSPS) is 15.2. The second-order valence-electron chi connectivity index (χ2n) is 7.82. The van der Waals surface area contributed by atoms with Crippen LogP contribution < -0.4 is 5.32 Å². The number of nitrogens with one attached hydrogen (secondary N) is 1. The first-order valence-corrected chi connectivity index (χ1v) is 10.9. The predicted octanol–water partition coefficient (Wildman–Crippen LogP) is 4.00. The van der Waals surface area contributed by atoms with E-state index in [0.29, 0.717) is 44.6 Å². The van der Waals surface area contributed by atoms with Crippen molar-refractivity contribution < 1.29 is 27.2 Å². The molecule has 0 bridgehead atoms. The molecule has 1 saturated heterocycles. The van der Waals surface area contributed by atoms with E-state index in [1.165, 1.54) is 4.90 Å². The molecule has 0 saturated carbocycles. The second-order valence-corrected chi connectivity index (χ2v) is 8.23. The fraction of sp³-hybridized carbons (Fsp3) is 0.391. The molecule has 0 aromatic heterocycles. The third kappa shape index (κ3) is 6.91. The summed E-state index contributed by atoms with van der Waals surface area (Å²) in [4.78, 5) is 28.2. The number of benzene rings is 2. The van der Waals surface area contributed by atoms with Crippen LogP contribution in [0.1, 0.15) is 27.9 Å². The quantitative estimate of drug-likeness (QED) is 0.629. The van der Waals surface area contributed by atoms with Crippen molar-refractivity contribution in [2.75, 3.05) is 39.3 Å². The summed E-state index contributed by atoms with van der Waals surface area (Å²) in [7, 11) is 0. The monoisotopic (exact) mass is 485 g/mol. The van der Waals surface area contributed by atoms with Crippen LogP contribution in [0.5, 0.6) is 0 Å². The van der Waals surface area contributed by atoms with Crippen LogP contribution in [0, 0.1) is 5.82 Å². The maximum atomic E-state index is 14.4. The van der Waals surface area contributed by atoms with Gasteiger partial charge in [0.2, 0.25) is 5.91 Å². The van der Waals surface area contributed by atoms with Crippen LogP contribution in [0.25, 0.3) is 0 Å². The largest absolute Gasteiger partial charge is 0.416 e. The van der Waals surface area contributed by atoms with Crippen LogP contribution in [-0.4, -0.2) is 60.9 Å². The van der Waals surface area contributed by atoms with Crippen molar-refractivity contribution in [1.29, 1.82) is 0 Å². The fourth-order valence-electron chi connectivity index (χ4n) is 3.66. The number of nitrogens with zero attached hydrogens (tertiary/aromatic N) is 2. The molecule has 10 heteroatoms. The van der Waals surface area contributed by atoms with Gasteiger partial charge in [0.05, 0.1) is 22.7 Å². The Morgan fingerprint density at radius 3 is 2.45 bits per heavy atom. The molecule has 1 N–H and O–H groups in total. The number of carbonyl (C=O) groups excluding carboxylic acids is 2. The molecule has 2 aromatic carbocycles. The highest BCUT2D eigenvalue weighted by Crippen LogP contribution is 2.34. The van der Waals surface area contributed by atoms with Crippen molar-refractivity contribution in [3.8, 4) is 0 Å². The maximum absolute atomic E-state index is 14.4. The van der Waals surface area contributed by atoms with Crippen molar-refractivity contribution in [3.05, 3.63) is 70.0 Å². The molecule has 33 heavy (non-hydrogen) atoms. The number of halogens is 5. The van der Waals surface area contributed by atoms with Crippen LogP contribution in [0.4, 0.5) is 17.6 Å². The zero-order chi connectivity index (χ0) is 24.0. The second kappa shape index (κ2) is 11.0. The smallest absolute Gasteiger partial charge is 0.355 e. The summed E-state index contributed by atoms with van der Waals surface area (Å²) in [5.41, 5.74) is -0.772.